The molecule has 0 radical (unpaired) electrons. The van der Waals surface area contributed by atoms with Crippen molar-refractivity contribution in [1.29, 1.82) is 0 Å². The van der Waals surface area contributed by atoms with Gasteiger partial charge >= 0.3 is 0 Å². The van der Waals surface area contributed by atoms with Crippen molar-refractivity contribution in [2.24, 2.45) is 0 Å². The molecule has 0 saturated carbocycles. The second-order valence-corrected chi connectivity index (χ2v) is 20.9. The van der Waals surface area contributed by atoms with Gasteiger partial charge in [-0.15, -0.1) is 23.8 Å². The van der Waals surface area contributed by atoms with E-state index < -0.39 is 12.7 Å². The summed E-state index contributed by atoms with van der Waals surface area (Å²) in [6.45, 7) is 16.3. The summed E-state index contributed by atoms with van der Waals surface area (Å²) >= 11 is 0. The second-order valence-electron chi connectivity index (χ2n) is 20.9. The monoisotopic (exact) mass is 1140 g/mol. The van der Waals surface area contributed by atoms with Gasteiger partial charge in [0.25, 0.3) is 0 Å². The van der Waals surface area contributed by atoms with Crippen LogP contribution >= 0.6 is 0 Å². The third-order valence-corrected chi connectivity index (χ3v) is 14.0. The van der Waals surface area contributed by atoms with E-state index in [1.807, 2.05) is 117 Å². The van der Waals surface area contributed by atoms with Crippen molar-refractivity contribution in [3.05, 3.63) is 216 Å². The van der Waals surface area contributed by atoms with Gasteiger partial charge < -0.3 is 5.11 Å². The average Bonchev–Trinajstić information content (AvgIpc) is 3.87. The van der Waals surface area contributed by atoms with Crippen LogP contribution in [0.2, 0.25) is 0 Å². The van der Waals surface area contributed by atoms with E-state index >= 15 is 0 Å². The normalized spacial score (nSPS) is 12.9. The summed E-state index contributed by atoms with van der Waals surface area (Å²) in [4.78, 5) is 10.6. The molecule has 0 fully saturated rings. The van der Waals surface area contributed by atoms with Gasteiger partial charge in [0.15, 0.2) is 0 Å². The van der Waals surface area contributed by atoms with Gasteiger partial charge in [-0.05, 0) is 122 Å². The maximum Gasteiger partial charge on any atom is 0.148 e. The van der Waals surface area contributed by atoms with Crippen molar-refractivity contribution in [2.45, 2.75) is 92.3 Å². The van der Waals surface area contributed by atoms with Crippen LogP contribution < -0.4 is 0 Å². The summed E-state index contributed by atoms with van der Waals surface area (Å²) in [7, 11) is 0. The van der Waals surface area contributed by atoms with Crippen molar-refractivity contribution in [1.82, 2.24) is 14.5 Å². The molecule has 0 amide bonds. The van der Waals surface area contributed by atoms with E-state index in [2.05, 4.69) is 138 Å². The number of phenolic OH excluding ortho intramolecular Hbond substituents is 1. The zero-order valence-electron chi connectivity index (χ0n) is 47.1. The molecule has 0 atom stereocenters. The predicted octanol–water partition coefficient (Wildman–Crippen LogP) is 18.6. The molecular formula is C68H64N3OPt-. The minimum absolute atomic E-state index is 0. The quantitative estimate of drug-likeness (QED) is 0.131. The van der Waals surface area contributed by atoms with E-state index in [0.29, 0.717) is 28.2 Å². The summed E-state index contributed by atoms with van der Waals surface area (Å²) in [6.07, 6.45) is 1.83. The van der Waals surface area contributed by atoms with Crippen LogP contribution in [0, 0.1) is 12.9 Å². The second kappa shape index (κ2) is 20.8. The van der Waals surface area contributed by atoms with Gasteiger partial charge in [0, 0.05) is 44.0 Å². The Morgan fingerprint density at radius 2 is 1.21 bits per heavy atom. The maximum atomic E-state index is 12.6. The Morgan fingerprint density at radius 1 is 0.562 bits per heavy atom. The largest absolute Gasteiger partial charge is 0.507 e. The van der Waals surface area contributed by atoms with Crippen molar-refractivity contribution in [3.63, 3.8) is 0 Å². The van der Waals surface area contributed by atoms with E-state index in [4.69, 9.17) is 15.5 Å². The number of benzene rings is 8. The minimum Gasteiger partial charge on any atom is -0.507 e. The van der Waals surface area contributed by atoms with Crippen LogP contribution in [0.1, 0.15) is 113 Å². The van der Waals surface area contributed by atoms with Crippen molar-refractivity contribution in [3.8, 4) is 89.7 Å². The molecule has 0 saturated heterocycles. The van der Waals surface area contributed by atoms with Crippen LogP contribution in [-0.2, 0) is 26.5 Å². The van der Waals surface area contributed by atoms with Gasteiger partial charge in [0.2, 0.25) is 0 Å². The third-order valence-electron chi connectivity index (χ3n) is 14.0. The van der Waals surface area contributed by atoms with Gasteiger partial charge in [0.1, 0.15) is 11.6 Å². The number of imidazole rings is 1. The standard InChI is InChI=1S/C68H64N3O.Pt/c1-42(2)46-24-26-48(27-25-46)51-32-33-69-62(40-51)55-36-53(47-18-13-11-14-19-47)35-54(37-55)57-22-17-23-63-65(57)70-67(61-39-52(43(3)4)38-58(44(5)6)66(61)72)71(63)64-34-45(7)59(41-60(64)49-20-15-12-16-21-49)50-28-30-56(31-29-50)68(8,9)10;/h11-36,38-44,72H,1-10H3;/q-1;/i7D3,42D;. The molecule has 1 N–H and O–H groups in total. The third kappa shape index (κ3) is 10.2. The molecule has 0 aliphatic heterocycles. The van der Waals surface area contributed by atoms with Gasteiger partial charge in [-0.3, -0.25) is 9.55 Å². The van der Waals surface area contributed by atoms with Crippen LogP contribution in [0.3, 0.4) is 0 Å². The number of aromatic nitrogens is 3. The van der Waals surface area contributed by atoms with Gasteiger partial charge in [0.05, 0.1) is 22.3 Å². The number of rotatable bonds is 11. The van der Waals surface area contributed by atoms with E-state index in [-0.39, 0.29) is 49.6 Å². The number of pyridine rings is 1. The van der Waals surface area contributed by atoms with Crippen molar-refractivity contribution in [2.75, 3.05) is 0 Å². The molecule has 5 heteroatoms. The Labute approximate surface area is 452 Å². The van der Waals surface area contributed by atoms with Gasteiger partial charge in [-0.1, -0.05) is 212 Å². The summed E-state index contributed by atoms with van der Waals surface area (Å²) < 4.78 is 38.1. The molecule has 0 aliphatic rings. The molecule has 0 spiro atoms. The first kappa shape index (κ1) is 45.7. The zero-order chi connectivity index (χ0) is 53.8. The Balaban J connectivity index is 0.00000722. The van der Waals surface area contributed by atoms with Crippen LogP contribution in [-0.4, -0.2) is 19.6 Å². The Bertz CT molecular complexity index is 3760. The van der Waals surface area contributed by atoms with Crippen molar-refractivity contribution < 1.29 is 31.7 Å². The summed E-state index contributed by atoms with van der Waals surface area (Å²) in [5.41, 5.74) is 16.9. The molecule has 0 aliphatic carbocycles. The van der Waals surface area contributed by atoms with Crippen LogP contribution in [0.5, 0.6) is 5.75 Å². The maximum absolute atomic E-state index is 12.6. The molecule has 10 rings (SSSR count). The SMILES string of the molecule is [2H]C([2H])([2H])c1cc(-n2c(-c3cc(C(C)C)cc(C(C)C)c3O)nc3c(-c4[c-]c(-c5cc(-c6ccc(C([2H])(C)C)cc6)ccn5)cc(-c5ccccc5)c4)cccc32)c(-c2ccccc2)cc1-c1ccc(C(C)(C)C)cc1.[Pt]. The molecule has 4 nitrogen and oxygen atoms in total. The Hall–Kier alpha value is -7.13. The van der Waals surface area contributed by atoms with Crippen molar-refractivity contribution >= 4 is 11.0 Å². The molecule has 0 unspecified atom stereocenters. The van der Waals surface area contributed by atoms with E-state index in [1.165, 1.54) is 0 Å². The van der Waals surface area contributed by atoms with Crippen LogP contribution in [0.25, 0.3) is 95.0 Å². The number of fused-ring (bicyclic) bond motifs is 1. The van der Waals surface area contributed by atoms with Crippen LogP contribution in [0.4, 0.5) is 0 Å². The number of hydrogen-bond donors (Lipinski definition) is 1. The molecule has 8 aromatic carbocycles. The van der Waals surface area contributed by atoms with E-state index in [1.54, 1.807) is 0 Å². The Kier molecular flexibility index (Phi) is 13.0. The first-order valence-corrected chi connectivity index (χ1v) is 25.1. The number of hydrogen-bond acceptors (Lipinski definition) is 3. The number of phenols is 1. The number of nitrogens with zero attached hydrogens (tertiary/aromatic N) is 3. The fourth-order valence-corrected chi connectivity index (χ4v) is 9.78. The number of para-hydroxylation sites is 1. The van der Waals surface area contributed by atoms with E-state index in [0.717, 1.165) is 89.1 Å². The first-order chi connectivity index (χ1) is 36.1. The molecule has 10 aromatic rings. The average molecular weight is 1140 g/mol. The predicted molar refractivity (Wildman–Crippen MR) is 303 cm³/mol. The molecule has 368 valence electrons. The van der Waals surface area contributed by atoms with Gasteiger partial charge in [-0.25, -0.2) is 4.98 Å². The minimum atomic E-state index is -2.51. The zero-order valence-corrected chi connectivity index (χ0v) is 45.4. The first-order valence-electron chi connectivity index (χ1n) is 27.1. The van der Waals surface area contributed by atoms with Crippen LogP contribution in [0.15, 0.2) is 182 Å². The molecule has 2 heterocycles. The van der Waals surface area contributed by atoms with E-state index in [9.17, 15) is 5.11 Å². The molecular weight excluding hydrogens is 1070 g/mol. The number of aryl methyl sites for hydroxylation is 1. The summed E-state index contributed by atoms with van der Waals surface area (Å²) in [5, 5.41) is 12.6. The smallest absolute Gasteiger partial charge is 0.148 e. The number of aromatic hydroxyl groups is 1. The van der Waals surface area contributed by atoms with Gasteiger partial charge in [-0.2, -0.15) is 0 Å². The Morgan fingerprint density at radius 3 is 1.85 bits per heavy atom. The fourth-order valence-electron chi connectivity index (χ4n) is 9.78. The summed E-state index contributed by atoms with van der Waals surface area (Å²) in [6, 6.07) is 63.1. The molecule has 2 aromatic heterocycles. The topological polar surface area (TPSA) is 50.9 Å². The molecule has 0 bridgehead atoms. The fraction of sp³-hybridized carbons (Fsp3) is 0.206. The summed E-state index contributed by atoms with van der Waals surface area (Å²) in [5.74, 6) is 0.0252. The molecule has 73 heavy (non-hydrogen) atoms.